The van der Waals surface area contributed by atoms with Gasteiger partial charge in [0.25, 0.3) is 17.5 Å². The van der Waals surface area contributed by atoms with Gasteiger partial charge in [-0.15, -0.1) is 0 Å². The van der Waals surface area contributed by atoms with E-state index in [0.717, 1.165) is 6.07 Å². The van der Waals surface area contributed by atoms with E-state index in [2.05, 4.69) is 10.6 Å². The lowest BCUT2D eigenvalue weighted by molar-refractivity contribution is -0.384. The molecule has 0 heterocycles. The molecule has 1 atom stereocenters. The summed E-state index contributed by atoms with van der Waals surface area (Å²) >= 11 is 6.06. The molecule has 0 bridgehead atoms. The molecule has 0 saturated heterocycles. The van der Waals surface area contributed by atoms with Gasteiger partial charge in [0.2, 0.25) is 6.10 Å². The number of nitro groups is 1. The number of non-ortho nitro benzene ring substituents is 1. The van der Waals surface area contributed by atoms with E-state index in [-0.39, 0.29) is 22.0 Å². The van der Waals surface area contributed by atoms with Crippen molar-refractivity contribution in [2.45, 2.75) is 6.10 Å². The largest absolute Gasteiger partial charge is 0.496 e. The first kappa shape index (κ1) is 25.2. The normalized spacial score (nSPS) is 11.1. The first-order valence-corrected chi connectivity index (χ1v) is 10.6. The number of hydrogen-bond donors (Lipinski definition) is 2. The number of esters is 1. The molecule has 35 heavy (non-hydrogen) atoms. The van der Waals surface area contributed by atoms with Crippen LogP contribution in [0.25, 0.3) is 0 Å². The zero-order chi connectivity index (χ0) is 25.4. The van der Waals surface area contributed by atoms with E-state index in [9.17, 15) is 24.5 Å². The van der Waals surface area contributed by atoms with Crippen molar-refractivity contribution in [3.05, 3.63) is 99.1 Å². The molecule has 180 valence electrons. The van der Waals surface area contributed by atoms with Crippen LogP contribution in [0.5, 0.6) is 5.75 Å². The zero-order valence-electron chi connectivity index (χ0n) is 18.4. The van der Waals surface area contributed by atoms with Crippen molar-refractivity contribution in [2.24, 2.45) is 0 Å². The lowest BCUT2D eigenvalue weighted by atomic mass is 10.1. The standard InChI is InChI=1S/C24H20ClN3O7/c1-34-20-10-6-5-9-17(20)23(30)26-14-21(29)35-22(15-7-3-2-4-8-15)24(31)27-19-12-11-16(28(32)33)13-18(19)25/h2-13,22H,14H2,1H3,(H,26,30)(H,27,31). The number of amides is 2. The van der Waals surface area contributed by atoms with E-state index in [1.807, 2.05) is 0 Å². The van der Waals surface area contributed by atoms with Crippen molar-refractivity contribution >= 4 is 40.8 Å². The first-order chi connectivity index (χ1) is 16.8. The summed E-state index contributed by atoms with van der Waals surface area (Å²) in [4.78, 5) is 48.2. The lowest BCUT2D eigenvalue weighted by Gasteiger charge is -2.19. The van der Waals surface area contributed by atoms with Crippen molar-refractivity contribution < 1.29 is 28.8 Å². The molecule has 0 saturated carbocycles. The average molecular weight is 498 g/mol. The SMILES string of the molecule is COc1ccccc1C(=O)NCC(=O)OC(C(=O)Nc1ccc([N+](=O)[O-])cc1Cl)c1ccccc1. The maximum atomic E-state index is 13.0. The van der Waals surface area contributed by atoms with E-state index in [1.54, 1.807) is 48.5 Å². The highest BCUT2D eigenvalue weighted by atomic mass is 35.5. The van der Waals surface area contributed by atoms with E-state index >= 15 is 0 Å². The topological polar surface area (TPSA) is 137 Å². The van der Waals surface area contributed by atoms with Crippen LogP contribution < -0.4 is 15.4 Å². The van der Waals surface area contributed by atoms with Crippen molar-refractivity contribution in [2.75, 3.05) is 19.0 Å². The number of nitro benzene ring substituents is 1. The fourth-order valence-corrected chi connectivity index (χ4v) is 3.29. The Hall–Kier alpha value is -4.44. The Morgan fingerprint density at radius 3 is 2.37 bits per heavy atom. The van der Waals surface area contributed by atoms with Gasteiger partial charge in [-0.1, -0.05) is 54.1 Å². The molecule has 0 aliphatic heterocycles. The number of rotatable bonds is 9. The maximum absolute atomic E-state index is 13.0. The molecule has 3 rings (SSSR count). The van der Waals surface area contributed by atoms with Crippen LogP contribution in [0.1, 0.15) is 22.0 Å². The molecule has 0 aromatic heterocycles. The second-order valence-electron chi connectivity index (χ2n) is 7.07. The third-order valence-electron chi connectivity index (χ3n) is 4.76. The minimum atomic E-state index is -1.38. The molecule has 1 unspecified atom stereocenters. The van der Waals surface area contributed by atoms with Gasteiger partial charge in [0, 0.05) is 17.7 Å². The number of halogens is 1. The summed E-state index contributed by atoms with van der Waals surface area (Å²) in [5.41, 5.74) is 0.453. The quantitative estimate of drug-likeness (QED) is 0.260. The van der Waals surface area contributed by atoms with Crippen LogP contribution >= 0.6 is 11.6 Å². The van der Waals surface area contributed by atoms with E-state index in [4.69, 9.17) is 21.1 Å². The number of para-hydroxylation sites is 1. The Bertz CT molecular complexity index is 1250. The third-order valence-corrected chi connectivity index (χ3v) is 5.07. The van der Waals surface area contributed by atoms with E-state index in [1.165, 1.54) is 25.3 Å². The first-order valence-electron chi connectivity index (χ1n) is 10.2. The number of nitrogens with one attached hydrogen (secondary N) is 2. The molecule has 2 N–H and O–H groups in total. The summed E-state index contributed by atoms with van der Waals surface area (Å²) in [6.45, 7) is -0.508. The monoisotopic (exact) mass is 497 g/mol. The van der Waals surface area contributed by atoms with Crippen molar-refractivity contribution in [3.8, 4) is 5.75 Å². The van der Waals surface area contributed by atoms with Gasteiger partial charge in [0.05, 0.1) is 28.3 Å². The Morgan fingerprint density at radius 1 is 1.03 bits per heavy atom. The molecule has 11 heteroatoms. The lowest BCUT2D eigenvalue weighted by Crippen LogP contribution is -2.33. The number of nitrogens with zero attached hydrogens (tertiary/aromatic N) is 1. The van der Waals surface area contributed by atoms with E-state index in [0.29, 0.717) is 11.3 Å². The molecule has 3 aromatic rings. The summed E-state index contributed by atoms with van der Waals surface area (Å²) in [5, 5.41) is 15.8. The molecule has 10 nitrogen and oxygen atoms in total. The van der Waals surface area contributed by atoms with Crippen molar-refractivity contribution in [1.82, 2.24) is 5.32 Å². The Kier molecular flexibility index (Phi) is 8.36. The average Bonchev–Trinajstić information content (AvgIpc) is 2.87. The van der Waals surface area contributed by atoms with Gasteiger partial charge in [-0.05, 0) is 18.2 Å². The highest BCUT2D eigenvalue weighted by Gasteiger charge is 2.26. The number of methoxy groups -OCH3 is 1. The highest BCUT2D eigenvalue weighted by Crippen LogP contribution is 2.28. The summed E-state index contributed by atoms with van der Waals surface area (Å²) in [6.07, 6.45) is -1.38. The van der Waals surface area contributed by atoms with Gasteiger partial charge < -0.3 is 20.1 Å². The maximum Gasteiger partial charge on any atom is 0.326 e. The molecule has 2 amide bonds. The second-order valence-corrected chi connectivity index (χ2v) is 7.48. The molecule has 0 radical (unpaired) electrons. The van der Waals surface area contributed by atoms with Crippen molar-refractivity contribution in [1.29, 1.82) is 0 Å². The highest BCUT2D eigenvalue weighted by molar-refractivity contribution is 6.34. The Morgan fingerprint density at radius 2 is 1.71 bits per heavy atom. The minimum absolute atomic E-state index is 0.0604. The predicted octanol–water partition coefficient (Wildman–Crippen LogP) is 3.91. The van der Waals surface area contributed by atoms with Crippen LogP contribution in [0.3, 0.4) is 0 Å². The number of hydrogen-bond acceptors (Lipinski definition) is 7. The fourth-order valence-electron chi connectivity index (χ4n) is 3.07. The third kappa shape index (κ3) is 6.55. The molecule has 0 fully saturated rings. The minimum Gasteiger partial charge on any atom is -0.496 e. The molecular weight excluding hydrogens is 478 g/mol. The van der Waals surface area contributed by atoms with Crippen LogP contribution in [0, 0.1) is 10.1 Å². The summed E-state index contributed by atoms with van der Waals surface area (Å²) < 4.78 is 10.5. The van der Waals surface area contributed by atoms with Crippen LogP contribution in [-0.4, -0.2) is 36.4 Å². The van der Waals surface area contributed by atoms with Crippen molar-refractivity contribution in [3.63, 3.8) is 0 Å². The van der Waals surface area contributed by atoms with Gasteiger partial charge in [0.1, 0.15) is 12.3 Å². The van der Waals surface area contributed by atoms with Crippen LogP contribution in [0.15, 0.2) is 72.8 Å². The summed E-state index contributed by atoms with van der Waals surface area (Å²) in [7, 11) is 1.42. The van der Waals surface area contributed by atoms with Crippen LogP contribution in [0.4, 0.5) is 11.4 Å². The van der Waals surface area contributed by atoms with Gasteiger partial charge in [-0.3, -0.25) is 24.5 Å². The molecule has 0 aliphatic carbocycles. The fraction of sp³-hybridized carbons (Fsp3) is 0.125. The number of carbonyl (C=O) groups excluding carboxylic acids is 3. The van der Waals surface area contributed by atoms with Crippen LogP contribution in [0.2, 0.25) is 5.02 Å². The molecular formula is C24H20ClN3O7. The van der Waals surface area contributed by atoms with Gasteiger partial charge in [0.15, 0.2) is 0 Å². The smallest absolute Gasteiger partial charge is 0.326 e. The van der Waals surface area contributed by atoms with Gasteiger partial charge >= 0.3 is 5.97 Å². The van der Waals surface area contributed by atoms with Gasteiger partial charge in [-0.2, -0.15) is 0 Å². The number of ether oxygens (including phenoxy) is 2. The zero-order valence-corrected chi connectivity index (χ0v) is 19.2. The number of anilines is 1. The molecule has 0 aliphatic rings. The number of benzene rings is 3. The van der Waals surface area contributed by atoms with Gasteiger partial charge in [-0.25, -0.2) is 0 Å². The molecule has 3 aromatic carbocycles. The second kappa shape index (κ2) is 11.6. The predicted molar refractivity (Wildman–Crippen MR) is 127 cm³/mol. The van der Waals surface area contributed by atoms with E-state index < -0.39 is 35.4 Å². The summed E-state index contributed by atoms with van der Waals surface area (Å²) in [6, 6.07) is 18.2. The Balaban J connectivity index is 1.72. The van der Waals surface area contributed by atoms with Crippen LogP contribution in [-0.2, 0) is 14.3 Å². The number of carbonyl (C=O) groups is 3. The Labute approximate surface area is 205 Å². The summed E-state index contributed by atoms with van der Waals surface area (Å²) in [5.74, 6) is -1.83. The molecule has 0 spiro atoms.